The van der Waals surface area contributed by atoms with Gasteiger partial charge in [0.05, 0.1) is 0 Å². The van der Waals surface area contributed by atoms with Gasteiger partial charge in [-0.3, -0.25) is 0 Å². The number of benzene rings is 2. The topological polar surface area (TPSA) is 36.5 Å². The molecule has 0 atom stereocenters. The summed E-state index contributed by atoms with van der Waals surface area (Å²) in [7, 11) is 0. The summed E-state index contributed by atoms with van der Waals surface area (Å²) in [5.74, 6) is 0. The summed E-state index contributed by atoms with van der Waals surface area (Å²) in [6.07, 6.45) is 3.51. The minimum atomic E-state index is 0.541. The maximum Gasteiger partial charge on any atom is 0.216 e. The number of pyridine rings is 1. The van der Waals surface area contributed by atoms with Crippen molar-refractivity contribution in [2.24, 2.45) is 5.16 Å². The maximum absolute atomic E-state index is 8.71. The molecule has 3 nitrogen and oxygen atoms in total. The van der Waals surface area contributed by atoms with E-state index in [4.69, 9.17) is 5.21 Å². The second-order valence-corrected chi connectivity index (χ2v) is 5.45. The van der Waals surface area contributed by atoms with Crippen LogP contribution >= 0.6 is 0 Å². The molecule has 3 heteroatoms. The van der Waals surface area contributed by atoms with Crippen LogP contribution in [-0.2, 0) is 6.54 Å². The minimum Gasteiger partial charge on any atom is -0.411 e. The lowest BCUT2D eigenvalue weighted by Gasteiger charge is -2.11. The van der Waals surface area contributed by atoms with Crippen molar-refractivity contribution in [1.29, 1.82) is 0 Å². The number of aromatic nitrogens is 1. The quantitative estimate of drug-likeness (QED) is 0.338. The Labute approximate surface area is 130 Å². The molecule has 22 heavy (non-hydrogen) atoms. The van der Waals surface area contributed by atoms with Crippen molar-refractivity contribution >= 4 is 17.0 Å². The molecule has 110 valence electrons. The number of hydrogen-bond acceptors (Lipinski definition) is 2. The average molecular weight is 291 g/mol. The molecule has 0 saturated carbocycles. The number of hydrogen-bond donors (Lipinski definition) is 1. The molecule has 1 aromatic heterocycles. The molecule has 0 bridgehead atoms. The maximum atomic E-state index is 8.71. The number of oxime groups is 1. The van der Waals surface area contributed by atoms with E-state index in [1.807, 2.05) is 12.3 Å². The van der Waals surface area contributed by atoms with Gasteiger partial charge in [-0.1, -0.05) is 35.5 Å². The summed E-state index contributed by atoms with van der Waals surface area (Å²) in [5.41, 5.74) is 4.84. The van der Waals surface area contributed by atoms with Gasteiger partial charge in [-0.2, -0.15) is 4.57 Å². The summed E-state index contributed by atoms with van der Waals surface area (Å²) in [6.45, 7) is 4.81. The second kappa shape index (κ2) is 5.98. The van der Waals surface area contributed by atoms with E-state index in [9.17, 15) is 0 Å². The zero-order valence-electron chi connectivity index (χ0n) is 12.8. The number of fused-ring (bicyclic) bond motifs is 1. The molecule has 0 amide bonds. The van der Waals surface area contributed by atoms with Gasteiger partial charge in [0.2, 0.25) is 5.69 Å². The Hall–Kier alpha value is -2.68. The standard InChI is InChI=1S/C19H18N2O/c1-14-6-5-12-21(13-11-20-22)19(14)18-10-9-16-7-3-4-8-17(16)15(18)2/h3-12H,13H2,1-2H3/p+1/b20-11+. The Bertz CT molecular complexity index is 853. The van der Waals surface area contributed by atoms with E-state index in [2.05, 4.69) is 66.0 Å². The molecular weight excluding hydrogens is 272 g/mol. The van der Waals surface area contributed by atoms with Gasteiger partial charge in [0.15, 0.2) is 12.7 Å². The van der Waals surface area contributed by atoms with E-state index in [1.54, 1.807) is 0 Å². The second-order valence-electron chi connectivity index (χ2n) is 5.45. The highest BCUT2D eigenvalue weighted by Gasteiger charge is 2.18. The van der Waals surface area contributed by atoms with Crippen LogP contribution in [0.3, 0.4) is 0 Å². The molecule has 3 aromatic rings. The zero-order valence-corrected chi connectivity index (χ0v) is 12.8. The molecule has 0 radical (unpaired) electrons. The van der Waals surface area contributed by atoms with Gasteiger partial charge in [0.25, 0.3) is 0 Å². The van der Waals surface area contributed by atoms with Crippen LogP contribution in [0.4, 0.5) is 0 Å². The van der Waals surface area contributed by atoms with E-state index < -0.39 is 0 Å². The minimum absolute atomic E-state index is 0.541. The highest BCUT2D eigenvalue weighted by Crippen LogP contribution is 2.29. The Kier molecular flexibility index (Phi) is 3.88. The molecule has 0 unspecified atom stereocenters. The molecule has 2 aromatic carbocycles. The average Bonchev–Trinajstić information content (AvgIpc) is 2.54. The van der Waals surface area contributed by atoms with Gasteiger partial charge >= 0.3 is 0 Å². The Morgan fingerprint density at radius 1 is 1.05 bits per heavy atom. The predicted octanol–water partition coefficient (Wildman–Crippen LogP) is 3.87. The Morgan fingerprint density at radius 2 is 1.86 bits per heavy atom. The molecule has 0 fully saturated rings. The van der Waals surface area contributed by atoms with Crippen LogP contribution in [0.2, 0.25) is 0 Å². The van der Waals surface area contributed by atoms with Gasteiger partial charge in [0, 0.05) is 17.2 Å². The zero-order chi connectivity index (χ0) is 15.5. The fourth-order valence-corrected chi connectivity index (χ4v) is 3.00. The first kappa shape index (κ1) is 14.3. The van der Waals surface area contributed by atoms with Crippen LogP contribution in [0, 0.1) is 13.8 Å². The molecule has 0 aliphatic carbocycles. The number of rotatable bonds is 3. The number of aryl methyl sites for hydroxylation is 2. The normalized spacial score (nSPS) is 11.4. The van der Waals surface area contributed by atoms with Crippen LogP contribution < -0.4 is 4.57 Å². The van der Waals surface area contributed by atoms with E-state index in [0.29, 0.717) is 6.54 Å². The Balaban J connectivity index is 2.25. The molecule has 0 saturated heterocycles. The predicted molar refractivity (Wildman–Crippen MR) is 89.3 cm³/mol. The smallest absolute Gasteiger partial charge is 0.216 e. The van der Waals surface area contributed by atoms with Gasteiger partial charge in [0.1, 0.15) is 6.21 Å². The van der Waals surface area contributed by atoms with Crippen molar-refractivity contribution in [3.05, 3.63) is 65.9 Å². The largest absolute Gasteiger partial charge is 0.411 e. The van der Waals surface area contributed by atoms with E-state index >= 15 is 0 Å². The van der Waals surface area contributed by atoms with Gasteiger partial charge < -0.3 is 5.21 Å². The van der Waals surface area contributed by atoms with Crippen molar-refractivity contribution in [3.8, 4) is 11.3 Å². The first-order chi connectivity index (χ1) is 10.7. The third kappa shape index (κ3) is 2.46. The van der Waals surface area contributed by atoms with Gasteiger partial charge in [-0.15, -0.1) is 0 Å². The van der Waals surface area contributed by atoms with Crippen LogP contribution in [0.15, 0.2) is 59.9 Å². The van der Waals surface area contributed by atoms with Gasteiger partial charge in [-0.05, 0) is 42.3 Å². The fourth-order valence-electron chi connectivity index (χ4n) is 3.00. The summed E-state index contributed by atoms with van der Waals surface area (Å²) in [5, 5.41) is 14.4. The monoisotopic (exact) mass is 291 g/mol. The van der Waals surface area contributed by atoms with Crippen LogP contribution in [0.5, 0.6) is 0 Å². The van der Waals surface area contributed by atoms with E-state index in [0.717, 1.165) is 5.69 Å². The van der Waals surface area contributed by atoms with Gasteiger partial charge in [-0.25, -0.2) is 0 Å². The molecule has 0 spiro atoms. The SMILES string of the molecule is Cc1ccc[n+](C/C=N/O)c1-c1ccc2ccccc2c1C. The Morgan fingerprint density at radius 3 is 2.68 bits per heavy atom. The van der Waals surface area contributed by atoms with Crippen molar-refractivity contribution in [1.82, 2.24) is 0 Å². The summed E-state index contributed by atoms with van der Waals surface area (Å²) in [6, 6.07) is 16.9. The fraction of sp³-hybridized carbons (Fsp3) is 0.158. The first-order valence-electron chi connectivity index (χ1n) is 7.36. The lowest BCUT2D eigenvalue weighted by atomic mass is 9.96. The van der Waals surface area contributed by atoms with Crippen molar-refractivity contribution in [2.75, 3.05) is 0 Å². The van der Waals surface area contributed by atoms with Crippen LogP contribution in [0.1, 0.15) is 11.1 Å². The molecule has 0 aliphatic rings. The molecule has 1 heterocycles. The first-order valence-corrected chi connectivity index (χ1v) is 7.36. The molecule has 3 rings (SSSR count). The lowest BCUT2D eigenvalue weighted by Crippen LogP contribution is -2.37. The van der Waals surface area contributed by atoms with Crippen molar-refractivity contribution < 1.29 is 9.77 Å². The van der Waals surface area contributed by atoms with E-state index in [1.165, 1.54) is 33.7 Å². The molecule has 1 N–H and O–H groups in total. The third-order valence-electron chi connectivity index (χ3n) is 4.09. The van der Waals surface area contributed by atoms with E-state index in [-0.39, 0.29) is 0 Å². The van der Waals surface area contributed by atoms with Crippen molar-refractivity contribution in [3.63, 3.8) is 0 Å². The summed E-state index contributed by atoms with van der Waals surface area (Å²) >= 11 is 0. The summed E-state index contributed by atoms with van der Waals surface area (Å²) < 4.78 is 2.10. The summed E-state index contributed by atoms with van der Waals surface area (Å²) in [4.78, 5) is 0. The van der Waals surface area contributed by atoms with Crippen LogP contribution in [0.25, 0.3) is 22.0 Å². The third-order valence-corrected chi connectivity index (χ3v) is 4.09. The highest BCUT2D eigenvalue weighted by molar-refractivity contribution is 5.91. The molecule has 0 aliphatic heterocycles. The lowest BCUT2D eigenvalue weighted by molar-refractivity contribution is -0.670. The highest BCUT2D eigenvalue weighted by atomic mass is 16.4. The van der Waals surface area contributed by atoms with Crippen molar-refractivity contribution in [2.45, 2.75) is 20.4 Å². The number of nitrogens with zero attached hydrogens (tertiary/aromatic N) is 2. The molecular formula is C19H19N2O+. The van der Waals surface area contributed by atoms with Crippen LogP contribution in [-0.4, -0.2) is 11.4 Å².